The lowest BCUT2D eigenvalue weighted by atomic mass is 9.99. The number of hydrogen-bond donors (Lipinski definition) is 4. The maximum absolute atomic E-state index is 11.5. The molecule has 0 fully saturated rings. The summed E-state index contributed by atoms with van der Waals surface area (Å²) in [6.45, 7) is 4.08. The number of amides is 3. The van der Waals surface area contributed by atoms with Crippen LogP contribution < -0.4 is 16.0 Å². The van der Waals surface area contributed by atoms with Gasteiger partial charge in [0, 0.05) is 13.7 Å². The third-order valence-electron chi connectivity index (χ3n) is 2.80. The zero-order chi connectivity index (χ0) is 15.5. The number of carbonyl (C=O) groups is 3. The molecular weight excluding hydrogens is 266 g/mol. The quantitative estimate of drug-likeness (QED) is 0.429. The number of hydrogen-bond acceptors (Lipinski definition) is 4. The Bertz CT molecular complexity index is 335. The van der Waals surface area contributed by atoms with Gasteiger partial charge in [0.2, 0.25) is 5.91 Å². The van der Waals surface area contributed by atoms with Crippen molar-refractivity contribution in [3.8, 4) is 0 Å². The van der Waals surface area contributed by atoms with Gasteiger partial charge in [-0.3, -0.25) is 4.79 Å². The van der Waals surface area contributed by atoms with E-state index in [9.17, 15) is 14.4 Å². The second kappa shape index (κ2) is 10.0. The molecular formula is C12H23N3O5. The van der Waals surface area contributed by atoms with E-state index in [1.54, 1.807) is 6.92 Å². The van der Waals surface area contributed by atoms with E-state index in [1.807, 2.05) is 6.92 Å². The molecule has 8 heteroatoms. The Morgan fingerprint density at radius 1 is 1.25 bits per heavy atom. The first kappa shape index (κ1) is 18.2. The van der Waals surface area contributed by atoms with Gasteiger partial charge in [0.1, 0.15) is 6.04 Å². The van der Waals surface area contributed by atoms with Crippen molar-refractivity contribution in [2.24, 2.45) is 5.92 Å². The summed E-state index contributed by atoms with van der Waals surface area (Å²) in [4.78, 5) is 33.8. The largest absolute Gasteiger partial charge is 0.480 e. The number of nitrogens with one attached hydrogen (secondary N) is 3. The Morgan fingerprint density at radius 2 is 1.90 bits per heavy atom. The molecule has 0 saturated carbocycles. The summed E-state index contributed by atoms with van der Waals surface area (Å²) >= 11 is 0. The predicted octanol–water partition coefficient (Wildman–Crippen LogP) is -0.452. The van der Waals surface area contributed by atoms with Gasteiger partial charge in [-0.1, -0.05) is 20.3 Å². The first-order valence-electron chi connectivity index (χ1n) is 6.45. The number of ether oxygens (including phenoxy) is 1. The first-order valence-corrected chi connectivity index (χ1v) is 6.45. The van der Waals surface area contributed by atoms with Crippen molar-refractivity contribution < 1.29 is 24.2 Å². The van der Waals surface area contributed by atoms with Crippen molar-refractivity contribution in [3.63, 3.8) is 0 Å². The van der Waals surface area contributed by atoms with Crippen LogP contribution in [-0.4, -0.2) is 55.9 Å². The summed E-state index contributed by atoms with van der Waals surface area (Å²) < 4.78 is 4.76. The normalized spacial score (nSPS) is 13.2. The van der Waals surface area contributed by atoms with Crippen LogP contribution in [-0.2, 0) is 14.3 Å². The number of carbonyl (C=O) groups excluding carboxylic acids is 2. The molecule has 2 atom stereocenters. The topological polar surface area (TPSA) is 117 Å². The van der Waals surface area contributed by atoms with Crippen molar-refractivity contribution in [2.45, 2.75) is 26.3 Å². The van der Waals surface area contributed by atoms with E-state index in [2.05, 4.69) is 16.0 Å². The minimum atomic E-state index is -1.10. The summed E-state index contributed by atoms with van der Waals surface area (Å²) in [5.41, 5.74) is 0. The molecule has 3 amide bonds. The lowest BCUT2D eigenvalue weighted by molar-refractivity contribution is -0.140. The number of aliphatic carboxylic acids is 1. The summed E-state index contributed by atoms with van der Waals surface area (Å²) in [5.74, 6) is -1.67. The molecule has 0 aromatic carbocycles. The number of carboxylic acid groups (broad SMARTS) is 1. The molecule has 0 aliphatic heterocycles. The Hall–Kier alpha value is -1.83. The average Bonchev–Trinajstić information content (AvgIpc) is 2.41. The highest BCUT2D eigenvalue weighted by Crippen LogP contribution is 2.07. The van der Waals surface area contributed by atoms with E-state index in [0.29, 0.717) is 19.6 Å². The Kier molecular flexibility index (Phi) is 9.10. The molecule has 0 bridgehead atoms. The van der Waals surface area contributed by atoms with E-state index >= 15 is 0 Å². The van der Waals surface area contributed by atoms with Crippen LogP contribution in [0, 0.1) is 5.92 Å². The van der Waals surface area contributed by atoms with Gasteiger partial charge in [0.05, 0.1) is 13.2 Å². The van der Waals surface area contributed by atoms with E-state index in [-0.39, 0.29) is 18.4 Å². The van der Waals surface area contributed by atoms with Crippen molar-refractivity contribution >= 4 is 17.9 Å². The lowest BCUT2D eigenvalue weighted by Gasteiger charge is -2.20. The van der Waals surface area contributed by atoms with Crippen molar-refractivity contribution in [1.82, 2.24) is 16.0 Å². The molecule has 2 unspecified atom stereocenters. The smallest absolute Gasteiger partial charge is 0.326 e. The van der Waals surface area contributed by atoms with Crippen LogP contribution in [0.2, 0.25) is 0 Å². The predicted molar refractivity (Wildman–Crippen MR) is 72.3 cm³/mol. The van der Waals surface area contributed by atoms with Gasteiger partial charge in [0.25, 0.3) is 0 Å². The van der Waals surface area contributed by atoms with Crippen LogP contribution in [0.1, 0.15) is 20.3 Å². The average molecular weight is 289 g/mol. The van der Waals surface area contributed by atoms with Crippen LogP contribution in [0.25, 0.3) is 0 Å². The van der Waals surface area contributed by atoms with Gasteiger partial charge in [-0.15, -0.1) is 0 Å². The molecule has 0 radical (unpaired) electrons. The van der Waals surface area contributed by atoms with Gasteiger partial charge in [0.15, 0.2) is 0 Å². The molecule has 0 aromatic rings. The van der Waals surface area contributed by atoms with Crippen LogP contribution >= 0.6 is 0 Å². The number of methoxy groups -OCH3 is 1. The molecule has 0 aliphatic rings. The molecule has 4 N–H and O–H groups in total. The summed E-state index contributed by atoms with van der Waals surface area (Å²) in [7, 11) is 1.51. The van der Waals surface area contributed by atoms with E-state index < -0.39 is 18.0 Å². The van der Waals surface area contributed by atoms with Gasteiger partial charge in [-0.05, 0) is 5.92 Å². The molecule has 0 heterocycles. The van der Waals surface area contributed by atoms with Gasteiger partial charge < -0.3 is 25.8 Å². The molecule has 8 nitrogen and oxygen atoms in total. The van der Waals surface area contributed by atoms with Crippen LogP contribution in [0.15, 0.2) is 0 Å². The minimum absolute atomic E-state index is 0.200. The highest BCUT2D eigenvalue weighted by molar-refractivity contribution is 5.86. The fourth-order valence-electron chi connectivity index (χ4n) is 1.39. The third kappa shape index (κ3) is 7.57. The lowest BCUT2D eigenvalue weighted by Crippen LogP contribution is -2.50. The standard InChI is InChI=1S/C12H23N3O5/c1-4-8(2)10(11(17)18)15-12(19)14-7-9(16)13-5-6-20-3/h8,10H,4-7H2,1-3H3,(H,13,16)(H,17,18)(H2,14,15,19). The Morgan fingerprint density at radius 3 is 2.40 bits per heavy atom. The van der Waals surface area contributed by atoms with Crippen LogP contribution in [0.5, 0.6) is 0 Å². The summed E-state index contributed by atoms with van der Waals surface area (Å²) in [6.07, 6.45) is 0.620. The highest BCUT2D eigenvalue weighted by atomic mass is 16.5. The molecule has 0 aliphatic carbocycles. The second-order valence-corrected chi connectivity index (χ2v) is 4.37. The molecule has 0 rings (SSSR count). The molecule has 20 heavy (non-hydrogen) atoms. The molecule has 0 saturated heterocycles. The minimum Gasteiger partial charge on any atom is -0.480 e. The fraction of sp³-hybridized carbons (Fsp3) is 0.750. The monoisotopic (exact) mass is 289 g/mol. The molecule has 0 spiro atoms. The summed E-state index contributed by atoms with van der Waals surface area (Å²) in [5, 5.41) is 16.2. The van der Waals surface area contributed by atoms with E-state index in [4.69, 9.17) is 9.84 Å². The summed E-state index contributed by atoms with van der Waals surface area (Å²) in [6, 6.07) is -1.66. The Balaban J connectivity index is 4.08. The maximum Gasteiger partial charge on any atom is 0.326 e. The van der Waals surface area contributed by atoms with Gasteiger partial charge in [-0.2, -0.15) is 0 Å². The SMILES string of the molecule is CCC(C)C(NC(=O)NCC(=O)NCCOC)C(=O)O. The van der Waals surface area contributed by atoms with E-state index in [1.165, 1.54) is 7.11 Å². The van der Waals surface area contributed by atoms with Crippen molar-refractivity contribution in [1.29, 1.82) is 0 Å². The number of urea groups is 1. The van der Waals surface area contributed by atoms with Gasteiger partial charge in [-0.25, -0.2) is 9.59 Å². The zero-order valence-corrected chi connectivity index (χ0v) is 12.1. The molecule has 116 valence electrons. The number of carboxylic acids is 1. The van der Waals surface area contributed by atoms with Gasteiger partial charge >= 0.3 is 12.0 Å². The fourth-order valence-corrected chi connectivity index (χ4v) is 1.39. The van der Waals surface area contributed by atoms with Crippen LogP contribution in [0.4, 0.5) is 4.79 Å². The van der Waals surface area contributed by atoms with E-state index in [0.717, 1.165) is 0 Å². The van der Waals surface area contributed by atoms with Crippen molar-refractivity contribution in [2.75, 3.05) is 26.8 Å². The third-order valence-corrected chi connectivity index (χ3v) is 2.80. The number of rotatable bonds is 9. The van der Waals surface area contributed by atoms with Crippen LogP contribution in [0.3, 0.4) is 0 Å². The van der Waals surface area contributed by atoms with Crippen molar-refractivity contribution in [3.05, 3.63) is 0 Å². The maximum atomic E-state index is 11.5. The zero-order valence-electron chi connectivity index (χ0n) is 12.1. The Labute approximate surface area is 118 Å². The first-order chi connectivity index (χ1) is 9.42. The highest BCUT2D eigenvalue weighted by Gasteiger charge is 2.25. The second-order valence-electron chi connectivity index (χ2n) is 4.37. The molecule has 0 aromatic heterocycles.